The number of nitrogens with one attached hydrogen (secondary N) is 1. The van der Waals surface area contributed by atoms with E-state index >= 15 is 0 Å². The molecule has 0 amide bonds. The van der Waals surface area contributed by atoms with Gasteiger partial charge in [0, 0.05) is 20.1 Å². The van der Waals surface area contributed by atoms with Gasteiger partial charge in [-0.3, -0.25) is 0 Å². The number of hydrogen-bond acceptors (Lipinski definition) is 7. The molecule has 0 atom stereocenters. The fourth-order valence-corrected chi connectivity index (χ4v) is 3.08. The van der Waals surface area contributed by atoms with E-state index in [-0.39, 0.29) is 0 Å². The van der Waals surface area contributed by atoms with Crippen LogP contribution < -0.4 is 10.2 Å². The summed E-state index contributed by atoms with van der Waals surface area (Å²) in [5.41, 5.74) is 0. The van der Waals surface area contributed by atoms with Crippen molar-refractivity contribution in [2.45, 2.75) is 29.7 Å². The lowest BCUT2D eigenvalue weighted by molar-refractivity contribution is 0.0454. The maximum absolute atomic E-state index is 5.19. The third-order valence-corrected chi connectivity index (χ3v) is 4.34. The molecule has 0 aromatic carbocycles. The van der Waals surface area contributed by atoms with Crippen molar-refractivity contribution in [2.24, 2.45) is 0 Å². The minimum Gasteiger partial charge on any atom is -0.379 e. The van der Waals surface area contributed by atoms with Gasteiger partial charge in [0.25, 0.3) is 0 Å². The zero-order chi connectivity index (χ0) is 13.1. The van der Waals surface area contributed by atoms with Gasteiger partial charge in [0.1, 0.15) is 0 Å². The molecule has 0 aliphatic carbocycles. The van der Waals surface area contributed by atoms with Crippen molar-refractivity contribution in [2.75, 3.05) is 43.6 Å². The number of aromatic nitrogens is 3. The molecule has 7 heteroatoms. The van der Waals surface area contributed by atoms with E-state index in [2.05, 4.69) is 25.2 Å². The third-order valence-electron chi connectivity index (χ3n) is 3.35. The average Bonchev–Trinajstić information content (AvgIpc) is 2.43. The van der Waals surface area contributed by atoms with E-state index in [1.54, 1.807) is 11.8 Å². The predicted octanol–water partition coefficient (Wildman–Crippen LogP) is 1.39. The van der Waals surface area contributed by atoms with Gasteiger partial charge in [-0.2, -0.15) is 15.0 Å². The highest BCUT2D eigenvalue weighted by Gasteiger charge is 2.23. The molecule has 19 heavy (non-hydrogen) atoms. The summed E-state index contributed by atoms with van der Waals surface area (Å²) in [5, 5.41) is 4.31. The molecule has 1 N–H and O–H groups in total. The molecule has 1 aromatic rings. The van der Waals surface area contributed by atoms with E-state index in [1.807, 2.05) is 7.05 Å². The summed E-state index contributed by atoms with van der Waals surface area (Å²) in [5.74, 6) is 1.46. The maximum Gasteiger partial charge on any atom is 0.231 e. The summed E-state index contributed by atoms with van der Waals surface area (Å²) in [7, 11) is 1.84. The smallest absolute Gasteiger partial charge is 0.231 e. The van der Waals surface area contributed by atoms with Crippen molar-refractivity contribution in [3.05, 3.63) is 0 Å². The van der Waals surface area contributed by atoms with E-state index in [1.165, 1.54) is 19.3 Å². The first-order valence-corrected chi connectivity index (χ1v) is 7.66. The Balaban J connectivity index is 1.78. The average molecular weight is 281 g/mol. The molecule has 3 rings (SSSR count). The van der Waals surface area contributed by atoms with Crippen molar-refractivity contribution < 1.29 is 4.74 Å². The topological polar surface area (TPSA) is 63.2 Å². The number of anilines is 2. The lowest BCUT2D eigenvalue weighted by Crippen LogP contribution is -2.32. The van der Waals surface area contributed by atoms with Crippen molar-refractivity contribution >= 4 is 23.7 Å². The van der Waals surface area contributed by atoms with E-state index in [4.69, 9.17) is 4.74 Å². The van der Waals surface area contributed by atoms with Gasteiger partial charge in [-0.15, -0.1) is 0 Å². The molecule has 6 nitrogen and oxygen atoms in total. The lowest BCUT2D eigenvalue weighted by Gasteiger charge is -2.28. The van der Waals surface area contributed by atoms with Gasteiger partial charge in [-0.05, 0) is 19.3 Å². The molecule has 0 saturated carbocycles. The van der Waals surface area contributed by atoms with Crippen LogP contribution in [0.4, 0.5) is 11.9 Å². The van der Waals surface area contributed by atoms with Crippen LogP contribution in [0.5, 0.6) is 0 Å². The number of thioether (sulfide) groups is 1. The van der Waals surface area contributed by atoms with Gasteiger partial charge in [-0.25, -0.2) is 0 Å². The van der Waals surface area contributed by atoms with Gasteiger partial charge in [0.05, 0.1) is 18.5 Å². The quantitative estimate of drug-likeness (QED) is 0.894. The fraction of sp³-hybridized carbons (Fsp3) is 0.750. The van der Waals surface area contributed by atoms with Gasteiger partial charge < -0.3 is 15.0 Å². The first kappa shape index (κ1) is 12.9. The molecule has 104 valence electrons. The monoisotopic (exact) mass is 281 g/mol. The highest BCUT2D eigenvalue weighted by Crippen LogP contribution is 2.27. The molecule has 2 saturated heterocycles. The standard InChI is InChI=1S/C12H19N5OS/c1-13-10-14-11(17-5-3-2-4-6-17)16-12(15-10)19-9-7-18-8-9/h9H,2-8H2,1H3,(H,13,14,15,16). The molecule has 0 radical (unpaired) electrons. The first-order chi connectivity index (χ1) is 9.35. The highest BCUT2D eigenvalue weighted by atomic mass is 32.2. The minimum absolute atomic E-state index is 0.487. The normalized spacial score (nSPS) is 20.2. The fourth-order valence-electron chi connectivity index (χ4n) is 2.18. The van der Waals surface area contributed by atoms with Crippen molar-refractivity contribution in [1.82, 2.24) is 15.0 Å². The second-order valence-corrected chi connectivity index (χ2v) is 6.08. The molecule has 0 unspecified atom stereocenters. The predicted molar refractivity (Wildman–Crippen MR) is 75.9 cm³/mol. The largest absolute Gasteiger partial charge is 0.379 e. The summed E-state index contributed by atoms with van der Waals surface area (Å²) < 4.78 is 5.19. The van der Waals surface area contributed by atoms with Crippen LogP contribution in [0, 0.1) is 0 Å². The molecule has 0 spiro atoms. The second-order valence-electron chi connectivity index (χ2n) is 4.82. The summed E-state index contributed by atoms with van der Waals surface area (Å²) in [6.45, 7) is 3.68. The highest BCUT2D eigenvalue weighted by molar-refractivity contribution is 7.99. The molecule has 2 aliphatic rings. The van der Waals surface area contributed by atoms with Crippen LogP contribution in [0.15, 0.2) is 5.16 Å². The number of piperidine rings is 1. The Morgan fingerprint density at radius 2 is 1.95 bits per heavy atom. The Kier molecular flexibility index (Phi) is 4.03. The molecule has 3 heterocycles. The van der Waals surface area contributed by atoms with Crippen LogP contribution in [0.25, 0.3) is 0 Å². The summed E-state index contributed by atoms with van der Waals surface area (Å²) in [4.78, 5) is 15.7. The number of hydrogen-bond donors (Lipinski definition) is 1. The molecule has 2 aliphatic heterocycles. The Morgan fingerprint density at radius 3 is 2.58 bits per heavy atom. The number of rotatable bonds is 4. The van der Waals surface area contributed by atoms with Crippen LogP contribution in [-0.4, -0.2) is 53.6 Å². The van der Waals surface area contributed by atoms with Crippen LogP contribution >= 0.6 is 11.8 Å². The minimum atomic E-state index is 0.487. The lowest BCUT2D eigenvalue weighted by atomic mass is 10.1. The van der Waals surface area contributed by atoms with Gasteiger partial charge in [-0.1, -0.05) is 11.8 Å². The van der Waals surface area contributed by atoms with E-state index in [0.717, 1.165) is 37.4 Å². The Morgan fingerprint density at radius 1 is 1.16 bits per heavy atom. The molecule has 0 bridgehead atoms. The first-order valence-electron chi connectivity index (χ1n) is 6.78. The van der Waals surface area contributed by atoms with Crippen molar-refractivity contribution in [1.29, 1.82) is 0 Å². The third kappa shape index (κ3) is 3.09. The van der Waals surface area contributed by atoms with Gasteiger partial charge >= 0.3 is 0 Å². The SMILES string of the molecule is CNc1nc(SC2COC2)nc(N2CCCCC2)n1. The number of nitrogens with zero attached hydrogens (tertiary/aromatic N) is 4. The van der Waals surface area contributed by atoms with Crippen LogP contribution in [0.2, 0.25) is 0 Å². The van der Waals surface area contributed by atoms with E-state index in [9.17, 15) is 0 Å². The summed E-state index contributed by atoms with van der Waals surface area (Å²) in [6.07, 6.45) is 3.75. The van der Waals surface area contributed by atoms with Crippen LogP contribution in [-0.2, 0) is 4.74 Å². The van der Waals surface area contributed by atoms with E-state index in [0.29, 0.717) is 11.2 Å². The van der Waals surface area contributed by atoms with Gasteiger partial charge in [0.15, 0.2) is 5.16 Å². The molecular weight excluding hydrogens is 262 g/mol. The zero-order valence-electron chi connectivity index (χ0n) is 11.1. The van der Waals surface area contributed by atoms with E-state index < -0.39 is 0 Å². The summed E-state index contributed by atoms with van der Waals surface area (Å²) in [6, 6.07) is 0. The number of ether oxygens (including phenoxy) is 1. The van der Waals surface area contributed by atoms with Crippen molar-refractivity contribution in [3.8, 4) is 0 Å². The van der Waals surface area contributed by atoms with Crippen LogP contribution in [0.3, 0.4) is 0 Å². The summed E-state index contributed by atoms with van der Waals surface area (Å²) >= 11 is 1.68. The Bertz CT molecular complexity index is 434. The second kappa shape index (κ2) is 5.92. The van der Waals surface area contributed by atoms with Gasteiger partial charge in [0.2, 0.25) is 11.9 Å². The molecule has 2 fully saturated rings. The molecule has 1 aromatic heterocycles. The maximum atomic E-state index is 5.19. The Hall–Kier alpha value is -1.08. The van der Waals surface area contributed by atoms with Crippen LogP contribution in [0.1, 0.15) is 19.3 Å². The Labute approximate surface area is 117 Å². The zero-order valence-corrected chi connectivity index (χ0v) is 11.9. The van der Waals surface area contributed by atoms with Crippen molar-refractivity contribution in [3.63, 3.8) is 0 Å². The molecular formula is C12H19N5OS.